The van der Waals surface area contributed by atoms with Crippen LogP contribution < -0.4 is 0 Å². The SMILES string of the molecule is CO.CO.CO.CO.[CH3-].[Ta]. The van der Waals surface area contributed by atoms with Gasteiger partial charge in [-0.2, -0.15) is 0 Å². The fraction of sp³-hybridized carbons (Fsp3) is 0.800. The summed E-state index contributed by atoms with van der Waals surface area (Å²) in [5, 5.41) is 28.0. The molecular formula is C5H19O4Ta-. The van der Waals surface area contributed by atoms with Crippen LogP contribution in [0, 0.1) is 7.43 Å². The van der Waals surface area contributed by atoms with E-state index in [1.54, 1.807) is 0 Å². The van der Waals surface area contributed by atoms with Crippen LogP contribution in [0.1, 0.15) is 0 Å². The number of hydrogen-bond acceptors (Lipinski definition) is 4. The Hall–Kier alpha value is 0.580. The molecule has 0 saturated heterocycles. The molecule has 0 fully saturated rings. The van der Waals surface area contributed by atoms with Crippen molar-refractivity contribution < 1.29 is 42.8 Å². The van der Waals surface area contributed by atoms with Gasteiger partial charge >= 0.3 is 0 Å². The molecule has 0 aromatic rings. The summed E-state index contributed by atoms with van der Waals surface area (Å²) in [5.74, 6) is 0. The van der Waals surface area contributed by atoms with Gasteiger partial charge < -0.3 is 27.9 Å². The molecule has 0 bridgehead atoms. The van der Waals surface area contributed by atoms with Crippen LogP contribution in [0.15, 0.2) is 0 Å². The summed E-state index contributed by atoms with van der Waals surface area (Å²) in [6.07, 6.45) is 0. The van der Waals surface area contributed by atoms with E-state index in [9.17, 15) is 0 Å². The predicted molar refractivity (Wildman–Crippen MR) is 39.0 cm³/mol. The van der Waals surface area contributed by atoms with Crippen molar-refractivity contribution in [2.24, 2.45) is 0 Å². The summed E-state index contributed by atoms with van der Waals surface area (Å²) in [7, 11) is 4.00. The van der Waals surface area contributed by atoms with Crippen molar-refractivity contribution in [1.82, 2.24) is 0 Å². The van der Waals surface area contributed by atoms with Crippen LogP contribution in [-0.2, 0) is 22.4 Å². The average Bonchev–Trinajstić information content (AvgIpc) is 2.03. The first-order chi connectivity index (χ1) is 4.00. The van der Waals surface area contributed by atoms with Crippen LogP contribution in [0.4, 0.5) is 0 Å². The van der Waals surface area contributed by atoms with E-state index < -0.39 is 0 Å². The quantitative estimate of drug-likeness (QED) is 0.426. The zero-order chi connectivity index (χ0) is 8.00. The second-order valence-corrected chi connectivity index (χ2v) is 0. The standard InChI is InChI=1S/4CH4O.CH3.Ta/c4*1-2;;/h4*2H,1H3;1H3;/q;;;;-1;. The normalized spacial score (nSPS) is 2.40. The minimum absolute atomic E-state index is 0. The van der Waals surface area contributed by atoms with Gasteiger partial charge in [0.05, 0.1) is 0 Å². The fourth-order valence-corrected chi connectivity index (χ4v) is 0. The smallest absolute Gasteiger partial charge is 0.0319 e. The third-order valence-electron chi connectivity index (χ3n) is 0. The molecule has 5 heteroatoms. The first-order valence-electron chi connectivity index (χ1n) is 1.79. The molecule has 1 radical (unpaired) electrons. The van der Waals surface area contributed by atoms with E-state index in [4.69, 9.17) is 20.4 Å². The minimum Gasteiger partial charge on any atom is -0.400 e. The Morgan fingerprint density at radius 2 is 0.500 bits per heavy atom. The fourth-order valence-electron chi connectivity index (χ4n) is 0. The molecule has 0 unspecified atom stereocenters. The maximum absolute atomic E-state index is 7.00. The van der Waals surface area contributed by atoms with Crippen LogP contribution in [0.3, 0.4) is 0 Å². The summed E-state index contributed by atoms with van der Waals surface area (Å²) < 4.78 is 0. The molecule has 0 rings (SSSR count). The Balaban J connectivity index is -0.00000000500. The maximum atomic E-state index is 7.00. The molecule has 0 aliphatic carbocycles. The van der Waals surface area contributed by atoms with Gasteiger partial charge in [0.1, 0.15) is 0 Å². The van der Waals surface area contributed by atoms with Crippen LogP contribution in [-0.4, -0.2) is 48.9 Å². The molecule has 4 N–H and O–H groups in total. The van der Waals surface area contributed by atoms with E-state index in [0.29, 0.717) is 0 Å². The summed E-state index contributed by atoms with van der Waals surface area (Å²) in [4.78, 5) is 0. The van der Waals surface area contributed by atoms with E-state index in [0.717, 1.165) is 28.4 Å². The molecule has 4 nitrogen and oxygen atoms in total. The molecule has 0 saturated carbocycles. The van der Waals surface area contributed by atoms with Crippen molar-refractivity contribution >= 4 is 0 Å². The van der Waals surface area contributed by atoms with Crippen molar-refractivity contribution in [3.63, 3.8) is 0 Å². The summed E-state index contributed by atoms with van der Waals surface area (Å²) >= 11 is 0. The Bertz CT molecular complexity index is 13.6. The van der Waals surface area contributed by atoms with E-state index in [2.05, 4.69) is 0 Å². The van der Waals surface area contributed by atoms with Crippen molar-refractivity contribution in [3.05, 3.63) is 7.43 Å². The van der Waals surface area contributed by atoms with Crippen molar-refractivity contribution in [3.8, 4) is 0 Å². The summed E-state index contributed by atoms with van der Waals surface area (Å²) in [6, 6.07) is 0. The first-order valence-corrected chi connectivity index (χ1v) is 1.79. The monoisotopic (exact) mass is 324 g/mol. The predicted octanol–water partition coefficient (Wildman–Crippen LogP) is -1.12. The van der Waals surface area contributed by atoms with Gasteiger partial charge in [-0.15, -0.1) is 0 Å². The third kappa shape index (κ3) is 1460. The largest absolute Gasteiger partial charge is 0.400 e. The molecule has 0 aromatic carbocycles. The molecule has 0 aromatic heterocycles. The molecule has 10 heavy (non-hydrogen) atoms. The average molecular weight is 324 g/mol. The number of hydrogen-bond donors (Lipinski definition) is 4. The Kier molecular flexibility index (Phi) is 9700. The van der Waals surface area contributed by atoms with Gasteiger partial charge in [0, 0.05) is 50.8 Å². The Labute approximate surface area is 79.0 Å². The topological polar surface area (TPSA) is 80.9 Å². The summed E-state index contributed by atoms with van der Waals surface area (Å²) in [6.45, 7) is 0. The molecule has 0 spiro atoms. The van der Waals surface area contributed by atoms with Gasteiger partial charge in [-0.05, 0) is 0 Å². The van der Waals surface area contributed by atoms with Crippen LogP contribution in [0.5, 0.6) is 0 Å². The molecule has 0 atom stereocenters. The van der Waals surface area contributed by atoms with Gasteiger partial charge in [-0.1, -0.05) is 0 Å². The van der Waals surface area contributed by atoms with Gasteiger partial charge in [0.25, 0.3) is 0 Å². The number of aliphatic hydroxyl groups is 4. The van der Waals surface area contributed by atoms with E-state index >= 15 is 0 Å². The van der Waals surface area contributed by atoms with Gasteiger partial charge in [0.15, 0.2) is 0 Å². The molecular weight excluding hydrogens is 305 g/mol. The second kappa shape index (κ2) is 2090. The maximum Gasteiger partial charge on any atom is 0.0319 e. The van der Waals surface area contributed by atoms with Crippen molar-refractivity contribution in [2.75, 3.05) is 28.4 Å². The molecule has 0 amide bonds. The first kappa shape index (κ1) is 46.3. The van der Waals surface area contributed by atoms with E-state index in [-0.39, 0.29) is 29.8 Å². The third-order valence-corrected chi connectivity index (χ3v) is 0. The van der Waals surface area contributed by atoms with Gasteiger partial charge in [-0.25, -0.2) is 0 Å². The van der Waals surface area contributed by atoms with Gasteiger partial charge in [0.2, 0.25) is 0 Å². The zero-order valence-corrected chi connectivity index (χ0v) is 10.4. The number of aliphatic hydroxyl groups excluding tert-OH is 4. The second-order valence-electron chi connectivity index (χ2n) is 0. The van der Waals surface area contributed by atoms with Crippen molar-refractivity contribution in [1.29, 1.82) is 0 Å². The molecule has 69 valence electrons. The van der Waals surface area contributed by atoms with Crippen molar-refractivity contribution in [2.45, 2.75) is 0 Å². The van der Waals surface area contributed by atoms with Crippen LogP contribution >= 0.6 is 0 Å². The molecule has 0 heterocycles. The Morgan fingerprint density at radius 3 is 0.500 bits per heavy atom. The number of rotatable bonds is 0. The van der Waals surface area contributed by atoms with E-state index in [1.807, 2.05) is 0 Å². The Morgan fingerprint density at radius 1 is 0.500 bits per heavy atom. The minimum atomic E-state index is 0. The molecule has 0 aliphatic heterocycles. The zero-order valence-electron chi connectivity index (χ0n) is 7.24. The van der Waals surface area contributed by atoms with E-state index in [1.165, 1.54) is 0 Å². The summed E-state index contributed by atoms with van der Waals surface area (Å²) in [5.41, 5.74) is 0. The van der Waals surface area contributed by atoms with Crippen LogP contribution in [0.25, 0.3) is 0 Å². The van der Waals surface area contributed by atoms with Gasteiger partial charge in [-0.3, -0.25) is 0 Å². The molecule has 0 aliphatic rings. The van der Waals surface area contributed by atoms with Crippen LogP contribution in [0.2, 0.25) is 0 Å².